The number of halogens is 1. The van der Waals surface area contributed by atoms with Gasteiger partial charge in [0.05, 0.1) is 11.6 Å². The van der Waals surface area contributed by atoms with Gasteiger partial charge in [0.1, 0.15) is 5.15 Å². The quantitative estimate of drug-likeness (QED) is 0.424. The molecule has 0 atom stereocenters. The van der Waals surface area contributed by atoms with Crippen LogP contribution in [0.1, 0.15) is 32.0 Å². The van der Waals surface area contributed by atoms with E-state index in [4.69, 9.17) is 21.1 Å². The molecule has 0 radical (unpaired) electrons. The Morgan fingerprint density at radius 1 is 1.32 bits per heavy atom. The largest absolute Gasteiger partial charge is 0.416 e. The lowest BCUT2D eigenvalue weighted by molar-refractivity contribution is 0.291. The summed E-state index contributed by atoms with van der Waals surface area (Å²) < 4.78 is 8.26. The van der Waals surface area contributed by atoms with Crippen LogP contribution in [-0.2, 0) is 10.8 Å². The van der Waals surface area contributed by atoms with Crippen molar-refractivity contribution in [2.45, 2.75) is 52.2 Å². The summed E-state index contributed by atoms with van der Waals surface area (Å²) in [5.41, 5.74) is 2.83. The second-order valence-corrected chi connectivity index (χ2v) is 14.6. The predicted octanol–water partition coefficient (Wildman–Crippen LogP) is 5.78. The lowest BCUT2D eigenvalue weighted by atomic mass is 10.1. The average molecular weight is 437 g/mol. The molecule has 2 aromatic heterocycles. The number of hydrogen-bond acceptors (Lipinski definition) is 5. The molecule has 1 aliphatic rings. The Labute approximate surface area is 178 Å². The van der Waals surface area contributed by atoms with Gasteiger partial charge in [0, 0.05) is 36.3 Å². The summed E-state index contributed by atoms with van der Waals surface area (Å²) in [5.74, 6) is 1.82. The number of pyridine rings is 1. The van der Waals surface area contributed by atoms with Gasteiger partial charge in [-0.3, -0.25) is 0 Å². The average Bonchev–Trinajstić information content (AvgIpc) is 3.26. The van der Waals surface area contributed by atoms with Crippen molar-refractivity contribution in [1.29, 1.82) is 0 Å². The van der Waals surface area contributed by atoms with Gasteiger partial charge in [0.2, 0.25) is 0 Å². The van der Waals surface area contributed by atoms with Gasteiger partial charge < -0.3 is 9.33 Å². The fraction of sp³-hybridized carbons (Fsp3) is 0.500. The van der Waals surface area contributed by atoms with E-state index in [9.17, 15) is 0 Å². The highest BCUT2D eigenvalue weighted by Gasteiger charge is 2.37. The molecule has 2 aromatic rings. The van der Waals surface area contributed by atoms with Crippen LogP contribution in [0, 0.1) is 6.92 Å². The number of hydrogen-bond donors (Lipinski definition) is 0. The molecule has 5 nitrogen and oxygen atoms in total. The summed E-state index contributed by atoms with van der Waals surface area (Å²) in [7, 11) is -1.80. The Balaban J connectivity index is 1.83. The lowest BCUT2D eigenvalue weighted by Crippen LogP contribution is -2.41. The van der Waals surface area contributed by atoms with Crippen LogP contribution in [0.4, 0.5) is 5.82 Å². The number of anilines is 1. The van der Waals surface area contributed by atoms with Crippen LogP contribution in [0.25, 0.3) is 5.69 Å². The molecule has 1 aliphatic heterocycles. The first-order valence-corrected chi connectivity index (χ1v) is 13.8. The van der Waals surface area contributed by atoms with Crippen LogP contribution in [0.2, 0.25) is 23.3 Å². The van der Waals surface area contributed by atoms with Crippen molar-refractivity contribution < 1.29 is 4.43 Å². The zero-order chi connectivity index (χ0) is 20.5. The number of nitrogens with zero attached hydrogens (tertiary/aromatic N) is 4. The standard InChI is InChI=1S/C20H29ClN4OSSi/c1-15-13-17(25-9-7-18(23-25)24-10-12-27-14-24)16(19(21)22-15)8-11-26-28(5,6)20(2,3)4/h7,9-10,12-13H,8,11,14H2,1-6H3. The summed E-state index contributed by atoms with van der Waals surface area (Å²) in [6.45, 7) is 13.9. The molecule has 28 heavy (non-hydrogen) atoms. The monoisotopic (exact) mass is 436 g/mol. The van der Waals surface area contributed by atoms with Gasteiger partial charge in [-0.2, -0.15) is 0 Å². The van der Waals surface area contributed by atoms with E-state index in [2.05, 4.69) is 55.4 Å². The van der Waals surface area contributed by atoms with E-state index in [1.165, 1.54) is 0 Å². The van der Waals surface area contributed by atoms with Gasteiger partial charge in [0.15, 0.2) is 14.1 Å². The summed E-state index contributed by atoms with van der Waals surface area (Å²) in [6, 6.07) is 4.06. The zero-order valence-electron chi connectivity index (χ0n) is 17.5. The minimum atomic E-state index is -1.80. The van der Waals surface area contributed by atoms with Gasteiger partial charge in [-0.05, 0) is 43.0 Å². The molecule has 0 amide bonds. The van der Waals surface area contributed by atoms with Crippen LogP contribution in [-0.4, -0.2) is 35.6 Å². The Morgan fingerprint density at radius 2 is 2.07 bits per heavy atom. The number of thioether (sulfide) groups is 1. The van der Waals surface area contributed by atoms with Crippen molar-refractivity contribution in [2.24, 2.45) is 0 Å². The minimum Gasteiger partial charge on any atom is -0.416 e. The van der Waals surface area contributed by atoms with Crippen molar-refractivity contribution >= 4 is 37.5 Å². The highest BCUT2D eigenvalue weighted by atomic mass is 35.5. The van der Waals surface area contributed by atoms with Crippen LogP contribution in [0.5, 0.6) is 0 Å². The molecule has 0 saturated carbocycles. The highest BCUT2D eigenvalue weighted by Crippen LogP contribution is 2.37. The third-order valence-electron chi connectivity index (χ3n) is 5.47. The molecule has 0 fully saturated rings. The molecule has 0 N–H and O–H groups in total. The van der Waals surface area contributed by atoms with Gasteiger partial charge >= 0.3 is 0 Å². The summed E-state index contributed by atoms with van der Waals surface area (Å²) in [5, 5.41) is 7.55. The Bertz CT molecular complexity index is 876. The third kappa shape index (κ3) is 4.64. The molecular weight excluding hydrogens is 408 g/mol. The van der Waals surface area contributed by atoms with E-state index in [1.807, 2.05) is 29.9 Å². The molecule has 0 unspecified atom stereocenters. The maximum absolute atomic E-state index is 6.54. The topological polar surface area (TPSA) is 43.2 Å². The minimum absolute atomic E-state index is 0.184. The molecule has 8 heteroatoms. The second kappa shape index (κ2) is 8.22. The first-order chi connectivity index (χ1) is 13.1. The van der Waals surface area contributed by atoms with Gasteiger partial charge in [-0.1, -0.05) is 32.4 Å². The fourth-order valence-electron chi connectivity index (χ4n) is 2.73. The van der Waals surface area contributed by atoms with Gasteiger partial charge in [-0.25, -0.2) is 9.67 Å². The predicted molar refractivity (Wildman–Crippen MR) is 122 cm³/mol. The summed E-state index contributed by atoms with van der Waals surface area (Å²) in [6.07, 6.45) is 4.74. The Morgan fingerprint density at radius 3 is 2.71 bits per heavy atom. The normalized spacial score (nSPS) is 14.9. The van der Waals surface area contributed by atoms with Crippen LogP contribution in [0.15, 0.2) is 29.9 Å². The molecule has 0 aliphatic carbocycles. The number of rotatable bonds is 6. The zero-order valence-corrected chi connectivity index (χ0v) is 20.1. The van der Waals surface area contributed by atoms with Crippen LogP contribution in [0.3, 0.4) is 0 Å². The van der Waals surface area contributed by atoms with Crippen molar-refractivity contribution in [3.05, 3.63) is 46.3 Å². The molecule has 152 valence electrons. The Hall–Kier alpha value is -1.28. The summed E-state index contributed by atoms with van der Waals surface area (Å²) in [4.78, 5) is 6.59. The first-order valence-electron chi connectivity index (χ1n) is 9.49. The lowest BCUT2D eigenvalue weighted by Gasteiger charge is -2.36. The molecule has 3 rings (SSSR count). The molecular formula is C20H29ClN4OSSi. The van der Waals surface area contributed by atoms with Crippen LogP contribution < -0.4 is 4.90 Å². The molecule has 0 bridgehead atoms. The fourth-order valence-corrected chi connectivity index (χ4v) is 4.80. The van der Waals surface area contributed by atoms with Gasteiger partial charge in [-0.15, -0.1) is 16.9 Å². The maximum atomic E-state index is 6.54. The van der Waals surface area contributed by atoms with Crippen LogP contribution >= 0.6 is 23.4 Å². The molecule has 3 heterocycles. The van der Waals surface area contributed by atoms with E-state index in [-0.39, 0.29) is 5.04 Å². The molecule has 0 saturated heterocycles. The maximum Gasteiger partial charge on any atom is 0.191 e. The smallest absolute Gasteiger partial charge is 0.191 e. The van der Waals surface area contributed by atoms with Crippen molar-refractivity contribution in [1.82, 2.24) is 14.8 Å². The molecule has 0 aromatic carbocycles. The second-order valence-electron chi connectivity index (χ2n) is 8.58. The van der Waals surface area contributed by atoms with E-state index in [0.717, 1.165) is 28.6 Å². The Kier molecular flexibility index (Phi) is 6.29. The number of aryl methyl sites for hydroxylation is 1. The van der Waals surface area contributed by atoms with E-state index >= 15 is 0 Å². The van der Waals surface area contributed by atoms with Crippen molar-refractivity contribution in [3.63, 3.8) is 0 Å². The van der Waals surface area contributed by atoms with Crippen molar-refractivity contribution in [2.75, 3.05) is 17.4 Å². The SMILES string of the molecule is Cc1cc(-n2ccc(N3C=CSC3)n2)c(CCO[Si](C)(C)C(C)(C)C)c(Cl)n1. The number of aromatic nitrogens is 3. The third-order valence-corrected chi connectivity index (χ3v) is 11.1. The van der Waals surface area contributed by atoms with E-state index in [1.54, 1.807) is 11.8 Å². The van der Waals surface area contributed by atoms with E-state index in [0.29, 0.717) is 18.2 Å². The van der Waals surface area contributed by atoms with E-state index < -0.39 is 8.32 Å². The van der Waals surface area contributed by atoms with Crippen molar-refractivity contribution in [3.8, 4) is 5.69 Å². The highest BCUT2D eigenvalue weighted by molar-refractivity contribution is 8.02. The molecule has 0 spiro atoms. The van der Waals surface area contributed by atoms with Gasteiger partial charge in [0.25, 0.3) is 0 Å². The summed E-state index contributed by atoms with van der Waals surface area (Å²) >= 11 is 8.29. The first kappa shape index (κ1) is 21.4.